The van der Waals surface area contributed by atoms with Crippen LogP contribution in [0.2, 0.25) is 0 Å². The van der Waals surface area contributed by atoms with Gasteiger partial charge in [-0.3, -0.25) is 4.79 Å². The van der Waals surface area contributed by atoms with E-state index in [-0.39, 0.29) is 91.7 Å². The highest BCUT2D eigenvalue weighted by molar-refractivity contribution is 5.82. The molecule has 5 heterocycles. The Morgan fingerprint density at radius 2 is 1.54 bits per heavy atom. The van der Waals surface area contributed by atoms with Gasteiger partial charge >= 0.3 is 11.9 Å². The monoisotopic (exact) mass is 979 g/mol. The minimum absolute atomic E-state index is 0.0385. The molecule has 5 aliphatic heterocycles. The van der Waals surface area contributed by atoms with Crippen LogP contribution in [0, 0.1) is 17.8 Å². The number of aliphatic hydroxyl groups is 1. The van der Waals surface area contributed by atoms with Crippen LogP contribution in [-0.4, -0.2) is 123 Å². The lowest BCUT2D eigenvalue weighted by atomic mass is 9.85. The van der Waals surface area contributed by atoms with Gasteiger partial charge in [-0.25, -0.2) is 4.79 Å². The molecule has 2 bridgehead atoms. The molecule has 15 atom stereocenters. The number of unbranched alkanes of at least 4 members (excludes halogenated alkanes) is 2. The smallest absolute Gasteiger partial charge is 0.330 e. The third-order valence-electron chi connectivity index (χ3n) is 13.5. The van der Waals surface area contributed by atoms with Gasteiger partial charge in [0.25, 0.3) is 0 Å². The standard InChI is InChI=1S/C57H86O13/c1-38(24-21-22-31-53(60)69-56(5,6)7)34-39(2)54-43(58)33-32-42(64-54)25-17-13-12-14-19-27-47-55(70-57(8,9)68-47)51-35-48(63-37-61-10)40(3)44(66-51)28-23-29-45-41(4)49-36-50(65-45)46(67-49)26-18-15-16-20-30-52(59)62-11/h13,15-20,23,26-27,29-30,32-34,38,40-51,54-55,58H,12,14,21-22,24-25,28,31,35-37H2,1-11H3/b16-15-,17-13+,26-18+,27-19+,29-23+,30-20-,39-34+/t38-,40+,41+,42+,43+,44-,45+,46+,47+,48+,49-,50-,51-,54+,55+/m1/s1. The van der Waals surface area contributed by atoms with Crippen molar-refractivity contribution in [1.82, 2.24) is 0 Å². The second kappa shape index (κ2) is 28.1. The zero-order chi connectivity index (χ0) is 50.8. The Bertz CT molecular complexity index is 1870. The van der Waals surface area contributed by atoms with Crippen LogP contribution in [0.15, 0.2) is 96.7 Å². The summed E-state index contributed by atoms with van der Waals surface area (Å²) in [5.41, 5.74) is 0.564. The summed E-state index contributed by atoms with van der Waals surface area (Å²) in [7, 11) is 2.99. The maximum atomic E-state index is 12.1. The maximum absolute atomic E-state index is 12.1. The van der Waals surface area contributed by atoms with E-state index in [4.69, 9.17) is 42.6 Å². The third-order valence-corrected chi connectivity index (χ3v) is 13.5. The molecule has 0 radical (unpaired) electrons. The van der Waals surface area contributed by atoms with Gasteiger partial charge in [0.1, 0.15) is 42.9 Å². The van der Waals surface area contributed by atoms with Crippen molar-refractivity contribution in [2.75, 3.05) is 21.0 Å². The molecule has 70 heavy (non-hydrogen) atoms. The van der Waals surface area contributed by atoms with Crippen LogP contribution in [-0.2, 0) is 57.0 Å². The molecule has 13 nitrogen and oxygen atoms in total. The molecule has 0 unspecified atom stereocenters. The third kappa shape index (κ3) is 18.5. The molecule has 0 spiro atoms. The van der Waals surface area contributed by atoms with E-state index in [1.165, 1.54) is 13.2 Å². The number of allylic oxidation sites excluding steroid dienone is 7. The summed E-state index contributed by atoms with van der Waals surface area (Å²) in [6, 6.07) is 0. The van der Waals surface area contributed by atoms with Crippen molar-refractivity contribution in [2.24, 2.45) is 17.8 Å². The van der Waals surface area contributed by atoms with Crippen molar-refractivity contribution in [3.8, 4) is 0 Å². The highest BCUT2D eigenvalue weighted by Gasteiger charge is 2.49. The van der Waals surface area contributed by atoms with Crippen LogP contribution in [0.25, 0.3) is 0 Å². The van der Waals surface area contributed by atoms with Crippen LogP contribution in [0.3, 0.4) is 0 Å². The van der Waals surface area contributed by atoms with Gasteiger partial charge in [-0.1, -0.05) is 112 Å². The van der Waals surface area contributed by atoms with Crippen molar-refractivity contribution >= 4 is 11.9 Å². The summed E-state index contributed by atoms with van der Waals surface area (Å²) in [6.07, 6.45) is 34.8. The molecule has 1 N–H and O–H groups in total. The van der Waals surface area contributed by atoms with E-state index in [1.807, 2.05) is 71.9 Å². The quantitative estimate of drug-likeness (QED) is 0.0245. The van der Waals surface area contributed by atoms with Gasteiger partial charge in [0, 0.05) is 44.3 Å². The van der Waals surface area contributed by atoms with Crippen molar-refractivity contribution in [2.45, 2.75) is 211 Å². The van der Waals surface area contributed by atoms with Crippen LogP contribution in [0.5, 0.6) is 0 Å². The normalized spacial score (nSPS) is 34.3. The van der Waals surface area contributed by atoms with Crippen LogP contribution < -0.4 is 0 Å². The molecule has 4 fully saturated rings. The Kier molecular flexibility index (Phi) is 23.0. The largest absolute Gasteiger partial charge is 0.466 e. The Morgan fingerprint density at radius 3 is 2.30 bits per heavy atom. The molecule has 0 aromatic rings. The second-order valence-corrected chi connectivity index (χ2v) is 21.1. The molecule has 5 aliphatic rings. The number of rotatable bonds is 24. The fourth-order valence-corrected chi connectivity index (χ4v) is 9.85. The second-order valence-electron chi connectivity index (χ2n) is 21.1. The molecule has 0 saturated carbocycles. The van der Waals surface area contributed by atoms with Crippen LogP contribution in [0.4, 0.5) is 0 Å². The maximum Gasteiger partial charge on any atom is 0.330 e. The highest BCUT2D eigenvalue weighted by Crippen LogP contribution is 2.40. The van der Waals surface area contributed by atoms with Gasteiger partial charge in [-0.15, -0.1) is 0 Å². The van der Waals surface area contributed by atoms with Gasteiger partial charge in [0.2, 0.25) is 0 Å². The zero-order valence-electron chi connectivity index (χ0n) is 43.9. The lowest BCUT2D eigenvalue weighted by Crippen LogP contribution is -2.50. The number of fused-ring (bicyclic) bond motifs is 2. The molecular weight excluding hydrogens is 893 g/mol. The number of carbonyl (C=O) groups excluding carboxylic acids is 2. The predicted molar refractivity (Wildman–Crippen MR) is 270 cm³/mol. The lowest BCUT2D eigenvalue weighted by molar-refractivity contribution is -0.210. The SMILES string of the molecule is COCO[C@H]1C[C@H]([C@H]2OC(C)(C)O[C@H]2/C=C/CC/C=C/C[C@H]2C=C[C@H](O)[C@H](/C(C)=C/[C@H](C)CCCCC(=O)OC(C)(C)C)O2)O[C@H](C/C=C/[C@@H]2O[C@@H]3C[C@@H](O[C@H]3/C=C/C=C\C=C/C(=O)OC)[C@H]2C)[C@@H]1C. The van der Waals surface area contributed by atoms with Crippen molar-refractivity contribution in [1.29, 1.82) is 0 Å². The van der Waals surface area contributed by atoms with Gasteiger partial charge in [-0.2, -0.15) is 0 Å². The summed E-state index contributed by atoms with van der Waals surface area (Å²) < 4.78 is 61.0. The van der Waals surface area contributed by atoms with Crippen molar-refractivity contribution in [3.05, 3.63) is 96.7 Å². The zero-order valence-corrected chi connectivity index (χ0v) is 43.9. The first-order chi connectivity index (χ1) is 33.4. The summed E-state index contributed by atoms with van der Waals surface area (Å²) in [6.45, 7) is 18.3. The molecule has 0 aliphatic carbocycles. The number of methoxy groups -OCH3 is 2. The number of carbonyl (C=O) groups is 2. The average Bonchev–Trinajstić information content (AvgIpc) is 3.82. The molecule has 4 saturated heterocycles. The molecule has 0 aromatic carbocycles. The van der Waals surface area contributed by atoms with Crippen LogP contribution in [0.1, 0.15) is 127 Å². The Morgan fingerprint density at radius 1 is 0.800 bits per heavy atom. The first kappa shape index (κ1) is 57.4. The van der Waals surface area contributed by atoms with E-state index in [1.54, 1.807) is 19.3 Å². The Balaban J connectivity index is 1.09. The van der Waals surface area contributed by atoms with E-state index in [9.17, 15) is 14.7 Å². The number of ether oxygens (including phenoxy) is 10. The number of esters is 2. The number of aliphatic hydroxyl groups excluding tert-OH is 1. The predicted octanol–water partition coefficient (Wildman–Crippen LogP) is 10.1. The minimum Gasteiger partial charge on any atom is -0.466 e. The van der Waals surface area contributed by atoms with E-state index < -0.39 is 23.5 Å². The van der Waals surface area contributed by atoms with E-state index in [0.29, 0.717) is 31.6 Å². The Hall–Kier alpha value is -3.50. The molecular formula is C57H86O13. The van der Waals surface area contributed by atoms with E-state index in [0.717, 1.165) is 44.1 Å². The average molecular weight is 979 g/mol. The molecule has 13 heteroatoms. The summed E-state index contributed by atoms with van der Waals surface area (Å²) in [5.74, 6) is -0.729. The minimum atomic E-state index is -0.779. The van der Waals surface area contributed by atoms with E-state index >= 15 is 0 Å². The Labute approximate surface area is 419 Å². The summed E-state index contributed by atoms with van der Waals surface area (Å²) >= 11 is 0. The summed E-state index contributed by atoms with van der Waals surface area (Å²) in [5, 5.41) is 10.8. The van der Waals surface area contributed by atoms with E-state index in [2.05, 4.69) is 68.0 Å². The number of hydrogen-bond acceptors (Lipinski definition) is 13. The van der Waals surface area contributed by atoms with Crippen LogP contribution >= 0.6 is 0 Å². The topological polar surface area (TPSA) is 147 Å². The van der Waals surface area contributed by atoms with Gasteiger partial charge < -0.3 is 52.5 Å². The number of hydrogen-bond donors (Lipinski definition) is 1. The van der Waals surface area contributed by atoms with Gasteiger partial charge in [0.05, 0.1) is 49.8 Å². The highest BCUT2D eigenvalue weighted by atomic mass is 16.8. The lowest BCUT2D eigenvalue weighted by Gasteiger charge is -2.42. The van der Waals surface area contributed by atoms with Crippen molar-refractivity contribution in [3.63, 3.8) is 0 Å². The summed E-state index contributed by atoms with van der Waals surface area (Å²) in [4.78, 5) is 23.4. The van der Waals surface area contributed by atoms with Gasteiger partial charge in [0.15, 0.2) is 5.79 Å². The first-order valence-electron chi connectivity index (χ1n) is 25.8. The fourth-order valence-electron chi connectivity index (χ4n) is 9.85. The molecule has 0 amide bonds. The first-order valence-corrected chi connectivity index (χ1v) is 25.8. The molecule has 0 aromatic heterocycles. The molecule has 5 rings (SSSR count). The van der Waals surface area contributed by atoms with Gasteiger partial charge in [-0.05, 0) is 91.6 Å². The van der Waals surface area contributed by atoms with Crippen molar-refractivity contribution < 1.29 is 62.1 Å². The molecule has 392 valence electrons. The fraction of sp³-hybridized carbons (Fsp3) is 0.684.